The monoisotopic (exact) mass is 269 g/mol. The molecule has 18 heavy (non-hydrogen) atoms. The van der Waals surface area contributed by atoms with E-state index in [4.69, 9.17) is 4.74 Å². The molecule has 0 aliphatic carbocycles. The third kappa shape index (κ3) is 2.48. The summed E-state index contributed by atoms with van der Waals surface area (Å²) in [5.74, 6) is -0.483. The molecular formula is C10H11N3O4S. The second-order valence-electron chi connectivity index (χ2n) is 3.49. The number of nitrogens with zero attached hydrogens (tertiary/aromatic N) is 2. The molecule has 7 nitrogen and oxygen atoms in total. The Labute approximate surface area is 104 Å². The molecule has 96 valence electrons. The van der Waals surface area contributed by atoms with Crippen molar-refractivity contribution in [1.29, 1.82) is 0 Å². The van der Waals surface area contributed by atoms with Crippen LogP contribution in [0.15, 0.2) is 27.8 Å². The first-order chi connectivity index (χ1) is 8.53. The summed E-state index contributed by atoms with van der Waals surface area (Å²) in [5, 5.41) is 2.77. The normalized spacial score (nSPS) is 16.2. The average molecular weight is 269 g/mol. The van der Waals surface area contributed by atoms with Gasteiger partial charge in [-0.2, -0.15) is 8.42 Å². The Kier molecular flexibility index (Phi) is 3.28. The standard InChI is InChI=1S/C10H11N3O4S/c1-2-17-10(14)5-9-12-7-3-4-11-6-8(7)18(15,16)13-9/h3-4,6H,2,5H2,1H3,(H,12,13). The van der Waals surface area contributed by atoms with E-state index >= 15 is 0 Å². The lowest BCUT2D eigenvalue weighted by Gasteiger charge is -2.16. The van der Waals surface area contributed by atoms with Crippen LogP contribution in [0, 0.1) is 0 Å². The molecule has 1 aliphatic heterocycles. The van der Waals surface area contributed by atoms with Gasteiger partial charge in [0, 0.05) is 12.4 Å². The van der Waals surface area contributed by atoms with Gasteiger partial charge in [0.1, 0.15) is 17.2 Å². The molecule has 1 aromatic heterocycles. The van der Waals surface area contributed by atoms with E-state index in [1.54, 1.807) is 6.92 Å². The number of nitrogens with one attached hydrogen (secondary N) is 1. The molecule has 8 heteroatoms. The van der Waals surface area contributed by atoms with E-state index in [1.165, 1.54) is 18.5 Å². The molecule has 1 N–H and O–H groups in total. The van der Waals surface area contributed by atoms with Crippen molar-refractivity contribution in [3.05, 3.63) is 18.5 Å². The number of carbonyl (C=O) groups excluding carboxylic acids is 1. The lowest BCUT2D eigenvalue weighted by molar-refractivity contribution is -0.141. The molecule has 0 saturated heterocycles. The predicted molar refractivity (Wildman–Crippen MR) is 63.7 cm³/mol. The highest BCUT2D eigenvalue weighted by Crippen LogP contribution is 2.26. The Morgan fingerprint density at radius 3 is 3.00 bits per heavy atom. The van der Waals surface area contributed by atoms with Gasteiger partial charge in [-0.1, -0.05) is 0 Å². The van der Waals surface area contributed by atoms with Gasteiger partial charge in [-0.25, -0.2) is 0 Å². The van der Waals surface area contributed by atoms with Crippen molar-refractivity contribution in [2.45, 2.75) is 18.2 Å². The summed E-state index contributed by atoms with van der Waals surface area (Å²) in [6.45, 7) is 1.91. The Hall–Kier alpha value is -1.96. The average Bonchev–Trinajstić information content (AvgIpc) is 2.28. The van der Waals surface area contributed by atoms with E-state index in [1.807, 2.05) is 0 Å². The van der Waals surface area contributed by atoms with Gasteiger partial charge in [-0.05, 0) is 13.0 Å². The summed E-state index contributed by atoms with van der Waals surface area (Å²) in [7, 11) is -3.80. The van der Waals surface area contributed by atoms with E-state index in [-0.39, 0.29) is 23.8 Å². The molecule has 1 aromatic rings. The fraction of sp³-hybridized carbons (Fsp3) is 0.300. The van der Waals surface area contributed by atoms with Gasteiger partial charge >= 0.3 is 5.97 Å². The minimum Gasteiger partial charge on any atom is -0.466 e. The fourth-order valence-electron chi connectivity index (χ4n) is 1.49. The molecule has 2 heterocycles. The highest BCUT2D eigenvalue weighted by molar-refractivity contribution is 7.90. The highest BCUT2D eigenvalue weighted by atomic mass is 32.2. The number of ether oxygens (including phenoxy) is 1. The van der Waals surface area contributed by atoms with Gasteiger partial charge in [-0.3, -0.25) is 9.78 Å². The van der Waals surface area contributed by atoms with Crippen LogP contribution in [-0.2, 0) is 19.6 Å². The molecule has 0 saturated carbocycles. The van der Waals surface area contributed by atoms with Crippen LogP contribution in [0.2, 0.25) is 0 Å². The summed E-state index contributed by atoms with van der Waals surface area (Å²) < 4.78 is 31.9. The molecule has 0 atom stereocenters. The van der Waals surface area contributed by atoms with Gasteiger partial charge in [0.25, 0.3) is 10.0 Å². The summed E-state index contributed by atoms with van der Waals surface area (Å²) in [4.78, 5) is 15.0. The zero-order chi connectivity index (χ0) is 13.2. The quantitative estimate of drug-likeness (QED) is 0.804. The Balaban J connectivity index is 2.28. The van der Waals surface area contributed by atoms with E-state index in [0.29, 0.717) is 5.69 Å². The van der Waals surface area contributed by atoms with E-state index in [0.717, 1.165) is 0 Å². The summed E-state index contributed by atoms with van der Waals surface area (Å²) in [6.07, 6.45) is 2.45. The molecule has 2 rings (SSSR count). The zero-order valence-electron chi connectivity index (χ0n) is 9.58. The number of amidine groups is 1. The highest BCUT2D eigenvalue weighted by Gasteiger charge is 2.26. The molecular weight excluding hydrogens is 258 g/mol. The summed E-state index contributed by atoms with van der Waals surface area (Å²) in [6, 6.07) is 1.51. The fourth-order valence-corrected chi connectivity index (χ4v) is 2.58. The maximum atomic E-state index is 11.8. The first kappa shape index (κ1) is 12.5. The maximum Gasteiger partial charge on any atom is 0.313 e. The molecule has 0 aromatic carbocycles. The Morgan fingerprint density at radius 1 is 1.50 bits per heavy atom. The van der Waals surface area contributed by atoms with E-state index < -0.39 is 16.0 Å². The number of pyridine rings is 1. The van der Waals surface area contributed by atoms with Gasteiger partial charge < -0.3 is 10.1 Å². The Morgan fingerprint density at radius 2 is 2.28 bits per heavy atom. The van der Waals surface area contributed by atoms with Gasteiger partial charge in [0.05, 0.1) is 12.3 Å². The number of fused-ring (bicyclic) bond motifs is 1. The smallest absolute Gasteiger partial charge is 0.313 e. The number of hydrogen-bond acceptors (Lipinski definition) is 6. The molecule has 0 unspecified atom stereocenters. The van der Waals surface area contributed by atoms with Gasteiger partial charge in [0.2, 0.25) is 0 Å². The third-order valence-electron chi connectivity index (χ3n) is 2.19. The second-order valence-corrected chi connectivity index (χ2v) is 5.06. The number of esters is 1. The Bertz CT molecular complexity index is 609. The van der Waals surface area contributed by atoms with E-state index in [9.17, 15) is 13.2 Å². The van der Waals surface area contributed by atoms with Crippen molar-refractivity contribution in [1.82, 2.24) is 4.98 Å². The number of sulfonamides is 1. The van der Waals surface area contributed by atoms with Crippen LogP contribution in [0.5, 0.6) is 0 Å². The van der Waals surface area contributed by atoms with Crippen LogP contribution in [0.1, 0.15) is 13.3 Å². The zero-order valence-corrected chi connectivity index (χ0v) is 10.4. The number of rotatable bonds is 3. The number of aromatic nitrogens is 1. The first-order valence-electron chi connectivity index (χ1n) is 5.23. The molecule has 0 fully saturated rings. The summed E-state index contributed by atoms with van der Waals surface area (Å²) in [5.41, 5.74) is 0.360. The van der Waals surface area contributed by atoms with Crippen LogP contribution < -0.4 is 5.32 Å². The van der Waals surface area contributed by atoms with Crippen molar-refractivity contribution in [2.24, 2.45) is 4.40 Å². The second kappa shape index (κ2) is 4.73. The van der Waals surface area contributed by atoms with Gasteiger partial charge in [-0.15, -0.1) is 4.40 Å². The minimum atomic E-state index is -3.80. The largest absolute Gasteiger partial charge is 0.466 e. The molecule has 0 amide bonds. The molecule has 0 spiro atoms. The maximum absolute atomic E-state index is 11.8. The van der Waals surface area contributed by atoms with Crippen LogP contribution in [0.4, 0.5) is 5.69 Å². The van der Waals surface area contributed by atoms with Crippen molar-refractivity contribution in [3.63, 3.8) is 0 Å². The lowest BCUT2D eigenvalue weighted by atomic mass is 10.3. The number of carbonyl (C=O) groups is 1. The summed E-state index contributed by atoms with van der Waals surface area (Å²) >= 11 is 0. The topological polar surface area (TPSA) is 97.7 Å². The van der Waals surface area contributed by atoms with Crippen LogP contribution in [0.3, 0.4) is 0 Å². The molecule has 0 radical (unpaired) electrons. The number of anilines is 1. The minimum absolute atomic E-state index is 0.00221. The van der Waals surface area contributed by atoms with Crippen molar-refractivity contribution in [3.8, 4) is 0 Å². The van der Waals surface area contributed by atoms with Gasteiger partial charge in [0.15, 0.2) is 0 Å². The van der Waals surface area contributed by atoms with Crippen LogP contribution >= 0.6 is 0 Å². The van der Waals surface area contributed by atoms with Crippen LogP contribution in [-0.4, -0.2) is 31.8 Å². The SMILES string of the molecule is CCOC(=O)CC1=NS(=O)(=O)c2cnccc2N1. The molecule has 1 aliphatic rings. The first-order valence-corrected chi connectivity index (χ1v) is 6.67. The number of hydrogen-bond donors (Lipinski definition) is 1. The van der Waals surface area contributed by atoms with Crippen molar-refractivity contribution >= 4 is 27.5 Å². The van der Waals surface area contributed by atoms with Crippen molar-refractivity contribution < 1.29 is 17.9 Å². The molecule has 0 bridgehead atoms. The predicted octanol–water partition coefficient (Wildman–Crippen LogP) is 0.548. The van der Waals surface area contributed by atoms with Crippen molar-refractivity contribution in [2.75, 3.05) is 11.9 Å². The van der Waals surface area contributed by atoms with Crippen LogP contribution in [0.25, 0.3) is 0 Å². The van der Waals surface area contributed by atoms with E-state index in [2.05, 4.69) is 14.7 Å². The third-order valence-corrected chi connectivity index (χ3v) is 3.53. The lowest BCUT2D eigenvalue weighted by Crippen LogP contribution is -2.24.